The normalized spacial score (nSPS) is 11.8. The summed E-state index contributed by atoms with van der Waals surface area (Å²) in [6.45, 7) is 0. The second-order valence-corrected chi connectivity index (χ2v) is 14.2. The number of benzene rings is 8. The maximum atomic E-state index is 6.43. The van der Waals surface area contributed by atoms with Gasteiger partial charge in [-0.25, -0.2) is 4.98 Å². The molecular formula is C47H28N2O2S. The van der Waals surface area contributed by atoms with Crippen LogP contribution in [-0.2, 0) is 0 Å². The van der Waals surface area contributed by atoms with Crippen LogP contribution in [0.15, 0.2) is 179 Å². The van der Waals surface area contributed by atoms with Crippen molar-refractivity contribution in [2.45, 2.75) is 0 Å². The molecule has 0 N–H and O–H groups in total. The van der Waals surface area contributed by atoms with Crippen molar-refractivity contribution in [3.63, 3.8) is 0 Å². The molecule has 0 fully saturated rings. The third-order valence-corrected chi connectivity index (χ3v) is 11.3. The Morgan fingerprint density at radius 3 is 2.10 bits per heavy atom. The predicted molar refractivity (Wildman–Crippen MR) is 217 cm³/mol. The van der Waals surface area contributed by atoms with Gasteiger partial charge in [0.05, 0.1) is 15.8 Å². The molecule has 3 aromatic heterocycles. The van der Waals surface area contributed by atoms with E-state index < -0.39 is 0 Å². The second kappa shape index (κ2) is 11.4. The molecule has 0 saturated carbocycles. The molecule has 244 valence electrons. The van der Waals surface area contributed by atoms with E-state index in [0.717, 1.165) is 55.7 Å². The molecule has 0 atom stereocenters. The van der Waals surface area contributed by atoms with Crippen molar-refractivity contribution < 1.29 is 8.83 Å². The maximum Gasteiger partial charge on any atom is 0.227 e. The van der Waals surface area contributed by atoms with Crippen LogP contribution in [-0.4, -0.2) is 4.98 Å². The van der Waals surface area contributed by atoms with Crippen LogP contribution in [0.3, 0.4) is 0 Å². The first-order chi connectivity index (χ1) is 25.8. The minimum absolute atomic E-state index is 0.595. The standard InChI is InChI=1S/C47H28N2O2S/c1-2-11-31(12-3-1)47-48-45-42(51-47)27-26-41-44(45)38-28-33(24-25-40(38)50-41)49(39-18-9-17-37-36-15-6-7-19-43(36)52-46(37)39)32-22-20-30(21-23-32)35-16-8-13-29-10-4-5-14-34(29)35/h1-28H. The first-order valence-electron chi connectivity index (χ1n) is 17.4. The first kappa shape index (κ1) is 29.1. The molecule has 0 aliphatic rings. The van der Waals surface area contributed by atoms with Gasteiger partial charge < -0.3 is 13.7 Å². The Labute approximate surface area is 302 Å². The van der Waals surface area contributed by atoms with Gasteiger partial charge in [0.15, 0.2) is 5.58 Å². The van der Waals surface area contributed by atoms with E-state index >= 15 is 0 Å². The summed E-state index contributed by atoms with van der Waals surface area (Å²) in [4.78, 5) is 7.39. The summed E-state index contributed by atoms with van der Waals surface area (Å²) in [6.07, 6.45) is 0. The molecule has 0 amide bonds. The van der Waals surface area contributed by atoms with Crippen LogP contribution >= 0.6 is 11.3 Å². The highest BCUT2D eigenvalue weighted by molar-refractivity contribution is 7.26. The van der Waals surface area contributed by atoms with Crippen LogP contribution in [0.25, 0.3) is 86.6 Å². The van der Waals surface area contributed by atoms with Gasteiger partial charge in [-0.15, -0.1) is 11.3 Å². The average molecular weight is 685 g/mol. The lowest BCUT2D eigenvalue weighted by Gasteiger charge is -2.26. The Bertz CT molecular complexity index is 3130. The molecular weight excluding hydrogens is 657 g/mol. The third kappa shape index (κ3) is 4.50. The Hall–Kier alpha value is -6.69. The fourth-order valence-electron chi connectivity index (χ4n) is 7.69. The average Bonchev–Trinajstić information content (AvgIpc) is 3.92. The van der Waals surface area contributed by atoms with Gasteiger partial charge in [0.2, 0.25) is 5.89 Å². The van der Waals surface area contributed by atoms with Gasteiger partial charge in [-0.1, -0.05) is 103 Å². The Kier molecular flexibility index (Phi) is 6.39. The van der Waals surface area contributed by atoms with E-state index in [2.05, 4.69) is 132 Å². The van der Waals surface area contributed by atoms with Crippen LogP contribution in [0.1, 0.15) is 0 Å². The molecule has 5 heteroatoms. The number of rotatable bonds is 5. The van der Waals surface area contributed by atoms with Crippen molar-refractivity contribution in [1.29, 1.82) is 0 Å². The number of fused-ring (bicyclic) bond motifs is 9. The van der Waals surface area contributed by atoms with E-state index in [0.29, 0.717) is 5.89 Å². The Morgan fingerprint density at radius 1 is 0.481 bits per heavy atom. The molecule has 52 heavy (non-hydrogen) atoms. The van der Waals surface area contributed by atoms with E-state index in [9.17, 15) is 0 Å². The van der Waals surface area contributed by atoms with Crippen molar-refractivity contribution in [3.05, 3.63) is 170 Å². The van der Waals surface area contributed by atoms with E-state index in [1.54, 1.807) is 0 Å². The van der Waals surface area contributed by atoms with Gasteiger partial charge >= 0.3 is 0 Å². The topological polar surface area (TPSA) is 42.4 Å². The summed E-state index contributed by atoms with van der Waals surface area (Å²) in [7, 11) is 0. The summed E-state index contributed by atoms with van der Waals surface area (Å²) in [5.74, 6) is 0.595. The molecule has 0 saturated heterocycles. The number of thiophene rings is 1. The van der Waals surface area contributed by atoms with Crippen LogP contribution in [0.4, 0.5) is 17.1 Å². The molecule has 0 spiro atoms. The highest BCUT2D eigenvalue weighted by Gasteiger charge is 2.22. The number of furan rings is 1. The largest absolute Gasteiger partial charge is 0.456 e. The van der Waals surface area contributed by atoms with Crippen molar-refractivity contribution in [3.8, 4) is 22.6 Å². The molecule has 0 unspecified atom stereocenters. The minimum Gasteiger partial charge on any atom is -0.456 e. The van der Waals surface area contributed by atoms with E-state index in [-0.39, 0.29) is 0 Å². The van der Waals surface area contributed by atoms with E-state index in [1.807, 2.05) is 53.8 Å². The zero-order valence-electron chi connectivity index (χ0n) is 27.8. The highest BCUT2D eigenvalue weighted by Crippen LogP contribution is 2.46. The Balaban J connectivity index is 1.13. The molecule has 0 aliphatic carbocycles. The number of nitrogens with zero attached hydrogens (tertiary/aromatic N) is 2. The fourth-order valence-corrected chi connectivity index (χ4v) is 8.89. The summed E-state index contributed by atoms with van der Waals surface area (Å²) in [5.41, 5.74) is 9.69. The number of aromatic nitrogens is 1. The van der Waals surface area contributed by atoms with E-state index in [1.165, 1.54) is 42.1 Å². The van der Waals surface area contributed by atoms with E-state index in [4.69, 9.17) is 13.8 Å². The number of anilines is 3. The monoisotopic (exact) mass is 684 g/mol. The number of hydrogen-bond donors (Lipinski definition) is 0. The lowest BCUT2D eigenvalue weighted by Crippen LogP contribution is -2.10. The van der Waals surface area contributed by atoms with Crippen molar-refractivity contribution in [2.75, 3.05) is 4.90 Å². The zero-order valence-corrected chi connectivity index (χ0v) is 28.6. The van der Waals surface area contributed by atoms with Crippen molar-refractivity contribution in [2.24, 2.45) is 0 Å². The zero-order chi connectivity index (χ0) is 34.2. The van der Waals surface area contributed by atoms with Crippen LogP contribution in [0, 0.1) is 0 Å². The van der Waals surface area contributed by atoms with Gasteiger partial charge in [-0.05, 0) is 88.6 Å². The lowest BCUT2D eigenvalue weighted by atomic mass is 9.98. The summed E-state index contributed by atoms with van der Waals surface area (Å²) in [5, 5.41) is 6.95. The molecule has 0 radical (unpaired) electrons. The van der Waals surface area contributed by atoms with Crippen molar-refractivity contribution >= 4 is 92.4 Å². The highest BCUT2D eigenvalue weighted by atomic mass is 32.1. The third-order valence-electron chi connectivity index (χ3n) is 10.1. The maximum absolute atomic E-state index is 6.43. The second-order valence-electron chi connectivity index (χ2n) is 13.1. The summed E-state index contributed by atoms with van der Waals surface area (Å²) >= 11 is 1.84. The number of oxazole rings is 1. The molecule has 0 bridgehead atoms. The van der Waals surface area contributed by atoms with Gasteiger partial charge in [0, 0.05) is 37.8 Å². The molecule has 11 rings (SSSR count). The molecule has 0 aliphatic heterocycles. The van der Waals surface area contributed by atoms with Gasteiger partial charge in [-0.2, -0.15) is 0 Å². The SMILES string of the molecule is c1ccc(-c2nc3c(ccc4oc5ccc(N(c6ccc(-c7cccc8ccccc78)cc6)c6cccc7c6sc6ccccc67)cc5c43)o2)cc1. The van der Waals surface area contributed by atoms with Crippen LogP contribution < -0.4 is 4.90 Å². The first-order valence-corrected chi connectivity index (χ1v) is 18.2. The molecule has 3 heterocycles. The summed E-state index contributed by atoms with van der Waals surface area (Å²) < 4.78 is 15.2. The smallest absolute Gasteiger partial charge is 0.227 e. The molecule has 8 aromatic carbocycles. The summed E-state index contributed by atoms with van der Waals surface area (Å²) in [6, 6.07) is 59.8. The van der Waals surface area contributed by atoms with Gasteiger partial charge in [-0.3, -0.25) is 0 Å². The molecule has 4 nitrogen and oxygen atoms in total. The van der Waals surface area contributed by atoms with Crippen LogP contribution in [0.2, 0.25) is 0 Å². The van der Waals surface area contributed by atoms with Crippen molar-refractivity contribution in [1.82, 2.24) is 4.98 Å². The lowest BCUT2D eigenvalue weighted by molar-refractivity contribution is 0.619. The fraction of sp³-hybridized carbons (Fsp3) is 0. The molecule has 11 aromatic rings. The van der Waals surface area contributed by atoms with Crippen LogP contribution in [0.5, 0.6) is 0 Å². The predicted octanol–water partition coefficient (Wildman–Crippen LogP) is 14.1. The van der Waals surface area contributed by atoms with Gasteiger partial charge in [0.1, 0.15) is 16.7 Å². The Morgan fingerprint density at radius 2 is 1.19 bits per heavy atom. The number of hydrogen-bond acceptors (Lipinski definition) is 5. The quantitative estimate of drug-likeness (QED) is 0.181. The van der Waals surface area contributed by atoms with Gasteiger partial charge in [0.25, 0.3) is 0 Å². The minimum atomic E-state index is 0.595.